The Morgan fingerprint density at radius 2 is 2.40 bits per heavy atom. The quantitative estimate of drug-likeness (QED) is 0.909. The standard InChI is InChI=1S/C15H14N2OS2/c1-9-4-5-12-10(7-9)11(8-16)15(20-12)17-14(18)13-3-2-6-19-13/h2-3,6,9H,4-5,7H2,1H3,(H,17,18). The van der Waals surface area contributed by atoms with Gasteiger partial charge in [-0.2, -0.15) is 5.26 Å². The molecule has 1 aliphatic carbocycles. The molecule has 0 fully saturated rings. The molecule has 1 aliphatic rings. The Hall–Kier alpha value is -1.64. The van der Waals surface area contributed by atoms with Gasteiger partial charge in [-0.25, -0.2) is 0 Å². The Labute approximate surface area is 125 Å². The first-order valence-corrected chi connectivity index (χ1v) is 8.28. The summed E-state index contributed by atoms with van der Waals surface area (Å²) in [7, 11) is 0. The van der Waals surface area contributed by atoms with Gasteiger partial charge in [0.1, 0.15) is 11.1 Å². The number of aryl methyl sites for hydroxylation is 1. The van der Waals surface area contributed by atoms with E-state index in [-0.39, 0.29) is 5.91 Å². The maximum absolute atomic E-state index is 12.1. The van der Waals surface area contributed by atoms with Gasteiger partial charge in [0.05, 0.1) is 10.4 Å². The van der Waals surface area contributed by atoms with Crippen LogP contribution < -0.4 is 5.32 Å². The lowest BCUT2D eigenvalue weighted by Crippen LogP contribution is -2.11. The first-order chi connectivity index (χ1) is 9.69. The molecule has 102 valence electrons. The Bertz CT molecular complexity index is 680. The third-order valence-electron chi connectivity index (χ3n) is 3.59. The molecule has 5 heteroatoms. The third-order valence-corrected chi connectivity index (χ3v) is 5.67. The number of fused-ring (bicyclic) bond motifs is 1. The van der Waals surface area contributed by atoms with Gasteiger partial charge in [0, 0.05) is 4.88 Å². The van der Waals surface area contributed by atoms with Crippen LogP contribution in [-0.4, -0.2) is 5.91 Å². The van der Waals surface area contributed by atoms with Crippen LogP contribution in [0.3, 0.4) is 0 Å². The highest BCUT2D eigenvalue weighted by molar-refractivity contribution is 7.17. The van der Waals surface area contributed by atoms with E-state index in [2.05, 4.69) is 18.3 Å². The van der Waals surface area contributed by atoms with Gasteiger partial charge in [0.15, 0.2) is 0 Å². The van der Waals surface area contributed by atoms with E-state index in [9.17, 15) is 10.1 Å². The van der Waals surface area contributed by atoms with E-state index in [4.69, 9.17) is 0 Å². The summed E-state index contributed by atoms with van der Waals surface area (Å²) in [6.07, 6.45) is 3.13. The predicted octanol–water partition coefficient (Wildman–Crippen LogP) is 4.06. The average molecular weight is 302 g/mol. The van der Waals surface area contributed by atoms with Crippen molar-refractivity contribution in [1.29, 1.82) is 5.26 Å². The molecule has 1 N–H and O–H groups in total. The topological polar surface area (TPSA) is 52.9 Å². The van der Waals surface area contributed by atoms with Crippen LogP contribution in [0.4, 0.5) is 5.00 Å². The molecule has 2 aromatic rings. The molecule has 0 aromatic carbocycles. The van der Waals surface area contributed by atoms with Crippen molar-refractivity contribution in [3.05, 3.63) is 38.4 Å². The number of carbonyl (C=O) groups is 1. The fourth-order valence-electron chi connectivity index (χ4n) is 2.54. The molecule has 1 atom stereocenters. The summed E-state index contributed by atoms with van der Waals surface area (Å²) < 4.78 is 0. The number of nitriles is 1. The Morgan fingerprint density at radius 1 is 1.55 bits per heavy atom. The third kappa shape index (κ3) is 2.37. The van der Waals surface area contributed by atoms with E-state index in [1.165, 1.54) is 16.2 Å². The fraction of sp³-hybridized carbons (Fsp3) is 0.333. The number of nitrogens with zero attached hydrogens (tertiary/aromatic N) is 1. The second-order valence-corrected chi connectivity index (χ2v) is 7.15. The van der Waals surface area contributed by atoms with Crippen LogP contribution in [-0.2, 0) is 12.8 Å². The summed E-state index contributed by atoms with van der Waals surface area (Å²) >= 11 is 2.97. The molecule has 1 unspecified atom stereocenters. The minimum Gasteiger partial charge on any atom is -0.312 e. The van der Waals surface area contributed by atoms with E-state index >= 15 is 0 Å². The zero-order chi connectivity index (χ0) is 14.1. The van der Waals surface area contributed by atoms with E-state index in [0.717, 1.165) is 24.8 Å². The van der Waals surface area contributed by atoms with Crippen LogP contribution in [0.2, 0.25) is 0 Å². The minimum atomic E-state index is -0.122. The van der Waals surface area contributed by atoms with Gasteiger partial charge < -0.3 is 5.32 Å². The lowest BCUT2D eigenvalue weighted by atomic mass is 9.88. The van der Waals surface area contributed by atoms with Crippen LogP contribution in [0.5, 0.6) is 0 Å². The molecule has 2 heterocycles. The van der Waals surface area contributed by atoms with Crippen LogP contribution in [0.15, 0.2) is 17.5 Å². The normalized spacial score (nSPS) is 17.3. The van der Waals surface area contributed by atoms with Crippen molar-refractivity contribution in [2.45, 2.75) is 26.2 Å². The number of anilines is 1. The number of carbonyl (C=O) groups excluding carboxylic acids is 1. The highest BCUT2D eigenvalue weighted by atomic mass is 32.1. The van der Waals surface area contributed by atoms with E-state index in [0.29, 0.717) is 21.4 Å². The monoisotopic (exact) mass is 302 g/mol. The van der Waals surface area contributed by atoms with E-state index in [1.54, 1.807) is 17.4 Å². The Balaban J connectivity index is 1.91. The molecule has 1 amide bonds. The highest BCUT2D eigenvalue weighted by Gasteiger charge is 2.25. The van der Waals surface area contributed by atoms with Gasteiger partial charge in [0.2, 0.25) is 0 Å². The highest BCUT2D eigenvalue weighted by Crippen LogP contribution is 2.39. The molecule has 0 saturated heterocycles. The SMILES string of the molecule is CC1CCc2sc(NC(=O)c3cccs3)c(C#N)c2C1. The Kier molecular flexibility index (Phi) is 3.60. The van der Waals surface area contributed by atoms with Gasteiger partial charge in [-0.05, 0) is 42.2 Å². The molecule has 0 spiro atoms. The second kappa shape index (κ2) is 5.39. The number of rotatable bonds is 2. The van der Waals surface area contributed by atoms with Gasteiger partial charge in [-0.1, -0.05) is 13.0 Å². The maximum atomic E-state index is 12.1. The number of hydrogen-bond donors (Lipinski definition) is 1. The summed E-state index contributed by atoms with van der Waals surface area (Å²) in [5, 5.41) is 14.9. The van der Waals surface area contributed by atoms with Crippen molar-refractivity contribution in [2.24, 2.45) is 5.92 Å². The summed E-state index contributed by atoms with van der Waals surface area (Å²) in [5.74, 6) is 0.494. The fourth-order valence-corrected chi connectivity index (χ4v) is 4.35. The first-order valence-electron chi connectivity index (χ1n) is 6.58. The van der Waals surface area contributed by atoms with Gasteiger partial charge in [-0.15, -0.1) is 22.7 Å². The maximum Gasteiger partial charge on any atom is 0.266 e. The summed E-state index contributed by atoms with van der Waals surface area (Å²) in [6.45, 7) is 2.21. The lowest BCUT2D eigenvalue weighted by molar-refractivity contribution is 0.103. The molecule has 3 rings (SSSR count). The van der Waals surface area contributed by atoms with Crippen molar-refractivity contribution in [3.63, 3.8) is 0 Å². The van der Waals surface area contributed by atoms with Gasteiger partial charge in [0.25, 0.3) is 5.91 Å². The smallest absolute Gasteiger partial charge is 0.266 e. The zero-order valence-corrected chi connectivity index (χ0v) is 12.7. The number of nitrogens with one attached hydrogen (secondary N) is 1. The molecule has 0 bridgehead atoms. The number of thiophene rings is 2. The second-order valence-electron chi connectivity index (χ2n) is 5.10. The minimum absolute atomic E-state index is 0.122. The molecular weight excluding hydrogens is 288 g/mol. The largest absolute Gasteiger partial charge is 0.312 e. The van der Waals surface area contributed by atoms with Crippen LogP contribution in [0, 0.1) is 17.2 Å². The summed E-state index contributed by atoms with van der Waals surface area (Å²) in [6, 6.07) is 5.92. The van der Waals surface area contributed by atoms with Crippen molar-refractivity contribution in [1.82, 2.24) is 0 Å². The van der Waals surface area contributed by atoms with E-state index in [1.807, 2.05) is 11.4 Å². The van der Waals surface area contributed by atoms with Crippen molar-refractivity contribution in [3.8, 4) is 6.07 Å². The van der Waals surface area contributed by atoms with Gasteiger partial charge in [-0.3, -0.25) is 4.79 Å². The van der Waals surface area contributed by atoms with Crippen molar-refractivity contribution >= 4 is 33.6 Å². The Morgan fingerprint density at radius 3 is 3.10 bits per heavy atom. The average Bonchev–Trinajstić information content (AvgIpc) is 3.05. The van der Waals surface area contributed by atoms with Crippen molar-refractivity contribution < 1.29 is 4.79 Å². The number of hydrogen-bond acceptors (Lipinski definition) is 4. The van der Waals surface area contributed by atoms with Crippen LogP contribution >= 0.6 is 22.7 Å². The summed E-state index contributed by atoms with van der Waals surface area (Å²) in [5.41, 5.74) is 1.82. The first kappa shape index (κ1) is 13.3. The number of amides is 1. The van der Waals surface area contributed by atoms with Gasteiger partial charge >= 0.3 is 0 Å². The van der Waals surface area contributed by atoms with Crippen molar-refractivity contribution in [2.75, 3.05) is 5.32 Å². The molecule has 0 saturated carbocycles. The predicted molar refractivity (Wildman–Crippen MR) is 82.5 cm³/mol. The zero-order valence-electron chi connectivity index (χ0n) is 11.1. The van der Waals surface area contributed by atoms with Crippen LogP contribution in [0.1, 0.15) is 39.0 Å². The molecule has 0 radical (unpaired) electrons. The molecule has 0 aliphatic heterocycles. The summed E-state index contributed by atoms with van der Waals surface area (Å²) in [4.78, 5) is 14.1. The van der Waals surface area contributed by atoms with Crippen LogP contribution in [0.25, 0.3) is 0 Å². The molecule has 3 nitrogen and oxygen atoms in total. The lowest BCUT2D eigenvalue weighted by Gasteiger charge is -2.17. The molecule has 2 aromatic heterocycles. The molecular formula is C15H14N2OS2. The van der Waals surface area contributed by atoms with E-state index < -0.39 is 0 Å². The molecule has 20 heavy (non-hydrogen) atoms.